The zero-order valence-corrected chi connectivity index (χ0v) is 10.4. The lowest BCUT2D eigenvalue weighted by molar-refractivity contribution is 0.0696. The third-order valence-electron chi connectivity index (χ3n) is 3.51. The third-order valence-corrected chi connectivity index (χ3v) is 3.51. The number of aromatic carboxylic acids is 1. The van der Waals surface area contributed by atoms with Gasteiger partial charge in [0.15, 0.2) is 0 Å². The Morgan fingerprint density at radius 1 is 1.44 bits per heavy atom. The van der Waals surface area contributed by atoms with Crippen LogP contribution in [-0.4, -0.2) is 17.1 Å². The second kappa shape index (κ2) is 5.38. The highest BCUT2D eigenvalue weighted by atomic mass is 19.1. The molecule has 0 saturated heterocycles. The van der Waals surface area contributed by atoms with Crippen LogP contribution in [0.15, 0.2) is 18.2 Å². The smallest absolute Gasteiger partial charge is 0.335 e. The Kier molecular flexibility index (Phi) is 3.84. The maximum atomic E-state index is 13.7. The van der Waals surface area contributed by atoms with Gasteiger partial charge < -0.3 is 10.4 Å². The second-order valence-electron chi connectivity index (χ2n) is 5.11. The van der Waals surface area contributed by atoms with Crippen LogP contribution < -0.4 is 5.32 Å². The molecule has 4 heteroatoms. The Balaban J connectivity index is 2.07. The van der Waals surface area contributed by atoms with Crippen molar-refractivity contribution in [3.05, 3.63) is 29.6 Å². The number of carboxylic acids is 1. The van der Waals surface area contributed by atoms with Crippen LogP contribution in [0.5, 0.6) is 0 Å². The van der Waals surface area contributed by atoms with Gasteiger partial charge in [0.05, 0.1) is 11.3 Å². The number of rotatable bonds is 3. The molecule has 1 aromatic rings. The lowest BCUT2D eigenvalue weighted by Gasteiger charge is -2.28. The number of carbonyl (C=O) groups is 1. The average molecular weight is 251 g/mol. The molecule has 2 unspecified atom stereocenters. The Hall–Kier alpha value is -1.58. The fraction of sp³-hybridized carbons (Fsp3) is 0.500. The molecule has 0 aromatic heterocycles. The summed E-state index contributed by atoms with van der Waals surface area (Å²) in [5, 5.41) is 11.9. The zero-order chi connectivity index (χ0) is 13.1. The molecule has 1 aliphatic carbocycles. The van der Waals surface area contributed by atoms with Gasteiger partial charge >= 0.3 is 5.97 Å². The molecule has 1 aliphatic rings. The number of benzene rings is 1. The fourth-order valence-electron chi connectivity index (χ4n) is 2.55. The largest absolute Gasteiger partial charge is 0.478 e. The van der Waals surface area contributed by atoms with Gasteiger partial charge in [-0.1, -0.05) is 19.8 Å². The molecule has 18 heavy (non-hydrogen) atoms. The first-order chi connectivity index (χ1) is 8.56. The molecule has 2 atom stereocenters. The van der Waals surface area contributed by atoms with Gasteiger partial charge in [0.1, 0.15) is 5.82 Å². The minimum absolute atomic E-state index is 0.0185. The SMILES string of the molecule is CC1CCCC(Nc2ccc(C(=O)O)cc2F)C1. The van der Waals surface area contributed by atoms with Crippen molar-refractivity contribution in [3.8, 4) is 0 Å². The van der Waals surface area contributed by atoms with Gasteiger partial charge in [-0.3, -0.25) is 0 Å². The first-order valence-corrected chi connectivity index (χ1v) is 6.35. The number of hydrogen-bond acceptors (Lipinski definition) is 2. The first-order valence-electron chi connectivity index (χ1n) is 6.35. The van der Waals surface area contributed by atoms with Gasteiger partial charge in [-0.2, -0.15) is 0 Å². The molecule has 1 fully saturated rings. The predicted molar refractivity (Wildman–Crippen MR) is 68.4 cm³/mol. The number of halogens is 1. The van der Waals surface area contributed by atoms with Crippen LogP contribution in [-0.2, 0) is 0 Å². The van der Waals surface area contributed by atoms with E-state index in [9.17, 15) is 9.18 Å². The van der Waals surface area contributed by atoms with Gasteiger partial charge in [-0.05, 0) is 37.0 Å². The van der Waals surface area contributed by atoms with Crippen molar-refractivity contribution in [3.63, 3.8) is 0 Å². The molecule has 0 radical (unpaired) electrons. The van der Waals surface area contributed by atoms with E-state index in [1.165, 1.54) is 18.6 Å². The minimum atomic E-state index is -1.10. The van der Waals surface area contributed by atoms with Crippen molar-refractivity contribution in [1.82, 2.24) is 0 Å². The van der Waals surface area contributed by atoms with E-state index in [1.807, 2.05) is 0 Å². The van der Waals surface area contributed by atoms with E-state index in [4.69, 9.17) is 5.11 Å². The van der Waals surface area contributed by atoms with Crippen LogP contribution in [0.3, 0.4) is 0 Å². The summed E-state index contributed by atoms with van der Waals surface area (Å²) in [7, 11) is 0. The van der Waals surface area contributed by atoms with E-state index in [-0.39, 0.29) is 5.56 Å². The predicted octanol–water partition coefficient (Wildman–Crippen LogP) is 3.51. The number of hydrogen-bond donors (Lipinski definition) is 2. The van der Waals surface area contributed by atoms with Crippen LogP contribution in [0.4, 0.5) is 10.1 Å². The molecule has 2 rings (SSSR count). The molecule has 1 aromatic carbocycles. The van der Waals surface area contributed by atoms with E-state index in [2.05, 4.69) is 12.2 Å². The van der Waals surface area contributed by atoms with Gasteiger partial charge in [-0.25, -0.2) is 9.18 Å². The van der Waals surface area contributed by atoms with Crippen molar-refractivity contribution < 1.29 is 14.3 Å². The summed E-state index contributed by atoms with van der Waals surface area (Å²) < 4.78 is 13.7. The molecule has 98 valence electrons. The van der Waals surface area contributed by atoms with Crippen LogP contribution in [0.2, 0.25) is 0 Å². The molecule has 0 spiro atoms. The molecular weight excluding hydrogens is 233 g/mol. The van der Waals surface area contributed by atoms with E-state index in [1.54, 1.807) is 0 Å². The molecule has 0 aliphatic heterocycles. The van der Waals surface area contributed by atoms with Crippen LogP contribution in [0, 0.1) is 11.7 Å². The molecule has 0 bridgehead atoms. The molecule has 2 N–H and O–H groups in total. The fourth-order valence-corrected chi connectivity index (χ4v) is 2.55. The topological polar surface area (TPSA) is 49.3 Å². The second-order valence-corrected chi connectivity index (χ2v) is 5.11. The Bertz CT molecular complexity index is 447. The molecule has 1 saturated carbocycles. The van der Waals surface area contributed by atoms with Crippen LogP contribution in [0.1, 0.15) is 43.0 Å². The normalized spacial score (nSPS) is 23.7. The van der Waals surface area contributed by atoms with E-state index < -0.39 is 11.8 Å². The summed E-state index contributed by atoms with van der Waals surface area (Å²) in [6.07, 6.45) is 4.48. The molecule has 0 heterocycles. The molecule has 3 nitrogen and oxygen atoms in total. The van der Waals surface area contributed by atoms with Crippen molar-refractivity contribution in [2.24, 2.45) is 5.92 Å². The lowest BCUT2D eigenvalue weighted by atomic mass is 9.87. The van der Waals surface area contributed by atoms with E-state index in [0.717, 1.165) is 25.3 Å². The standard InChI is InChI=1S/C14H18FNO2/c1-9-3-2-4-11(7-9)16-13-6-5-10(14(17)18)8-12(13)15/h5-6,8-9,11,16H,2-4,7H2,1H3,(H,17,18). The first kappa shape index (κ1) is 12.9. The van der Waals surface area contributed by atoms with Gasteiger partial charge in [-0.15, -0.1) is 0 Å². The van der Waals surface area contributed by atoms with Gasteiger partial charge in [0.25, 0.3) is 0 Å². The Morgan fingerprint density at radius 2 is 2.22 bits per heavy atom. The van der Waals surface area contributed by atoms with Crippen molar-refractivity contribution >= 4 is 11.7 Å². The maximum Gasteiger partial charge on any atom is 0.335 e. The highest BCUT2D eigenvalue weighted by molar-refractivity contribution is 5.88. The monoisotopic (exact) mass is 251 g/mol. The summed E-state index contributed by atoms with van der Waals surface area (Å²) in [6.45, 7) is 2.21. The number of nitrogens with one attached hydrogen (secondary N) is 1. The zero-order valence-electron chi connectivity index (χ0n) is 10.4. The highest BCUT2D eigenvalue weighted by Gasteiger charge is 2.19. The third kappa shape index (κ3) is 3.00. The number of anilines is 1. The quantitative estimate of drug-likeness (QED) is 0.864. The van der Waals surface area contributed by atoms with E-state index in [0.29, 0.717) is 17.6 Å². The lowest BCUT2D eigenvalue weighted by Crippen LogP contribution is -2.26. The molecule has 0 amide bonds. The Morgan fingerprint density at radius 3 is 2.83 bits per heavy atom. The van der Waals surface area contributed by atoms with Gasteiger partial charge in [0, 0.05) is 6.04 Å². The van der Waals surface area contributed by atoms with Crippen molar-refractivity contribution in [1.29, 1.82) is 0 Å². The Labute approximate surface area is 106 Å². The maximum absolute atomic E-state index is 13.7. The summed E-state index contributed by atoms with van der Waals surface area (Å²) in [5.74, 6) is -0.933. The highest BCUT2D eigenvalue weighted by Crippen LogP contribution is 2.27. The van der Waals surface area contributed by atoms with Crippen LogP contribution >= 0.6 is 0 Å². The van der Waals surface area contributed by atoms with Crippen molar-refractivity contribution in [2.45, 2.75) is 38.6 Å². The summed E-state index contributed by atoms with van der Waals surface area (Å²) in [5.41, 5.74) is 0.383. The summed E-state index contributed by atoms with van der Waals surface area (Å²) >= 11 is 0. The summed E-state index contributed by atoms with van der Waals surface area (Å²) in [4.78, 5) is 10.7. The minimum Gasteiger partial charge on any atom is -0.478 e. The van der Waals surface area contributed by atoms with Crippen LogP contribution in [0.25, 0.3) is 0 Å². The van der Waals surface area contributed by atoms with Gasteiger partial charge in [0.2, 0.25) is 0 Å². The van der Waals surface area contributed by atoms with E-state index >= 15 is 0 Å². The summed E-state index contributed by atoms with van der Waals surface area (Å²) in [6, 6.07) is 4.30. The molecular formula is C14H18FNO2. The number of carboxylic acid groups (broad SMARTS) is 1. The van der Waals surface area contributed by atoms with Crippen molar-refractivity contribution in [2.75, 3.05) is 5.32 Å². The average Bonchev–Trinajstić information content (AvgIpc) is 2.31.